The van der Waals surface area contributed by atoms with E-state index in [0.29, 0.717) is 5.52 Å². The molecule has 0 saturated heterocycles. The molecule has 7 nitrogen and oxygen atoms in total. The Kier molecular flexibility index (Phi) is 3.70. The largest absolute Gasteiger partial charge is 0.478 e. The van der Waals surface area contributed by atoms with Crippen LogP contribution in [0.2, 0.25) is 0 Å². The van der Waals surface area contributed by atoms with Crippen LogP contribution in [0.3, 0.4) is 0 Å². The van der Waals surface area contributed by atoms with Gasteiger partial charge in [-0.05, 0) is 30.3 Å². The number of hydrogen-bond acceptors (Lipinski definition) is 6. The predicted octanol–water partition coefficient (Wildman–Crippen LogP) is 2.33. The number of sulfonamides is 1. The minimum atomic E-state index is -4.03. The van der Waals surface area contributed by atoms with Crippen LogP contribution in [0, 0.1) is 5.82 Å². The number of hydrogen-bond donors (Lipinski definition) is 2. The molecule has 1 heterocycles. The van der Waals surface area contributed by atoms with Gasteiger partial charge in [-0.1, -0.05) is 6.07 Å². The van der Waals surface area contributed by atoms with Crippen molar-refractivity contribution in [2.24, 2.45) is 0 Å². The fourth-order valence-electron chi connectivity index (χ4n) is 1.96. The molecule has 10 heteroatoms. The third-order valence-electron chi connectivity index (χ3n) is 2.99. The molecule has 23 heavy (non-hydrogen) atoms. The number of carboxylic acids is 1. The van der Waals surface area contributed by atoms with Gasteiger partial charge in [0.25, 0.3) is 10.0 Å². The second-order valence-electron chi connectivity index (χ2n) is 4.49. The highest BCUT2D eigenvalue weighted by Gasteiger charge is 2.21. The van der Waals surface area contributed by atoms with Gasteiger partial charge in [-0.15, -0.1) is 0 Å². The van der Waals surface area contributed by atoms with E-state index in [2.05, 4.69) is 13.5 Å². The third-order valence-corrected chi connectivity index (χ3v) is 4.94. The number of aromatic carboxylic acids is 1. The van der Waals surface area contributed by atoms with Gasteiger partial charge in [0.2, 0.25) is 0 Å². The lowest BCUT2D eigenvalue weighted by Crippen LogP contribution is -2.14. The van der Waals surface area contributed by atoms with Crippen molar-refractivity contribution in [1.82, 2.24) is 8.75 Å². The van der Waals surface area contributed by atoms with Crippen LogP contribution in [-0.4, -0.2) is 28.2 Å². The van der Waals surface area contributed by atoms with E-state index < -0.39 is 27.4 Å². The van der Waals surface area contributed by atoms with Gasteiger partial charge < -0.3 is 5.11 Å². The Hall–Kier alpha value is -2.59. The summed E-state index contributed by atoms with van der Waals surface area (Å²) >= 11 is 0.878. The fourth-order valence-corrected chi connectivity index (χ4v) is 3.78. The van der Waals surface area contributed by atoms with Crippen molar-refractivity contribution in [2.45, 2.75) is 4.90 Å². The SMILES string of the molecule is O=C(O)c1cc(NS(=O)(=O)c2cccc3nsnc23)ccc1F. The van der Waals surface area contributed by atoms with E-state index >= 15 is 0 Å². The number of nitrogens with zero attached hydrogens (tertiary/aromatic N) is 2. The van der Waals surface area contributed by atoms with E-state index in [1.807, 2.05) is 0 Å². The van der Waals surface area contributed by atoms with E-state index in [-0.39, 0.29) is 16.1 Å². The molecule has 0 atom stereocenters. The number of anilines is 1. The van der Waals surface area contributed by atoms with Crippen LogP contribution >= 0.6 is 11.7 Å². The summed E-state index contributed by atoms with van der Waals surface area (Å²) in [5.41, 5.74) is -0.0449. The van der Waals surface area contributed by atoms with Gasteiger partial charge in [0.15, 0.2) is 0 Å². The van der Waals surface area contributed by atoms with Crippen molar-refractivity contribution in [3.05, 3.63) is 47.8 Å². The normalized spacial score (nSPS) is 11.5. The average Bonchev–Trinajstić information content (AvgIpc) is 2.96. The lowest BCUT2D eigenvalue weighted by molar-refractivity contribution is 0.0692. The van der Waals surface area contributed by atoms with Gasteiger partial charge in [0, 0.05) is 5.69 Å². The van der Waals surface area contributed by atoms with E-state index in [4.69, 9.17) is 5.11 Å². The molecule has 0 amide bonds. The van der Waals surface area contributed by atoms with Crippen LogP contribution in [0.4, 0.5) is 10.1 Å². The smallest absolute Gasteiger partial charge is 0.338 e. The molecular weight excluding hydrogens is 345 g/mol. The number of nitrogens with one attached hydrogen (secondary N) is 1. The Balaban J connectivity index is 2.04. The monoisotopic (exact) mass is 353 g/mol. The zero-order valence-corrected chi connectivity index (χ0v) is 12.9. The van der Waals surface area contributed by atoms with E-state index in [1.54, 1.807) is 6.07 Å². The highest BCUT2D eigenvalue weighted by atomic mass is 32.2. The standard InChI is InChI=1S/C13H8FN3O4S2/c14-9-5-4-7(6-8(9)13(18)19)17-23(20,21)11-3-1-2-10-12(11)16-22-15-10/h1-6,17H,(H,18,19). The van der Waals surface area contributed by atoms with Crippen LogP contribution in [0.5, 0.6) is 0 Å². The van der Waals surface area contributed by atoms with Crippen molar-refractivity contribution < 1.29 is 22.7 Å². The van der Waals surface area contributed by atoms with E-state index in [0.717, 1.165) is 29.9 Å². The molecule has 0 aliphatic rings. The third kappa shape index (κ3) is 2.85. The first-order valence-corrected chi connectivity index (χ1v) is 8.37. The summed E-state index contributed by atoms with van der Waals surface area (Å²) in [7, 11) is -4.03. The number of halogens is 1. The van der Waals surface area contributed by atoms with Crippen molar-refractivity contribution in [2.75, 3.05) is 4.72 Å². The molecular formula is C13H8FN3O4S2. The Morgan fingerprint density at radius 3 is 2.74 bits per heavy atom. The summed E-state index contributed by atoms with van der Waals surface area (Å²) in [6.45, 7) is 0. The molecule has 118 valence electrons. The minimum absolute atomic E-state index is 0.0657. The zero-order chi connectivity index (χ0) is 16.6. The average molecular weight is 353 g/mol. The number of fused-ring (bicyclic) bond motifs is 1. The summed E-state index contributed by atoms with van der Waals surface area (Å²) in [6.07, 6.45) is 0. The van der Waals surface area contributed by atoms with Crippen molar-refractivity contribution >= 4 is 44.4 Å². The zero-order valence-electron chi connectivity index (χ0n) is 11.2. The summed E-state index contributed by atoms with van der Waals surface area (Å²) in [5.74, 6) is -2.44. The number of carboxylic acid groups (broad SMARTS) is 1. The number of benzene rings is 2. The van der Waals surface area contributed by atoms with Crippen LogP contribution in [-0.2, 0) is 10.0 Å². The molecule has 2 aromatic carbocycles. The first kappa shape index (κ1) is 15.3. The Morgan fingerprint density at radius 2 is 2.00 bits per heavy atom. The van der Waals surface area contributed by atoms with Gasteiger partial charge in [0.1, 0.15) is 21.7 Å². The fraction of sp³-hybridized carbons (Fsp3) is 0. The molecule has 3 aromatic rings. The maximum Gasteiger partial charge on any atom is 0.338 e. The highest BCUT2D eigenvalue weighted by molar-refractivity contribution is 7.93. The quantitative estimate of drug-likeness (QED) is 0.745. The summed E-state index contributed by atoms with van der Waals surface area (Å²) in [5, 5.41) is 8.88. The van der Waals surface area contributed by atoms with Crippen LogP contribution in [0.15, 0.2) is 41.3 Å². The van der Waals surface area contributed by atoms with Gasteiger partial charge in [-0.25, -0.2) is 17.6 Å². The van der Waals surface area contributed by atoms with Crippen molar-refractivity contribution in [1.29, 1.82) is 0 Å². The molecule has 0 bridgehead atoms. The van der Waals surface area contributed by atoms with E-state index in [1.165, 1.54) is 12.1 Å². The Morgan fingerprint density at radius 1 is 1.22 bits per heavy atom. The molecule has 0 spiro atoms. The minimum Gasteiger partial charge on any atom is -0.478 e. The number of aromatic nitrogens is 2. The molecule has 3 rings (SSSR count). The molecule has 2 N–H and O–H groups in total. The maximum absolute atomic E-state index is 13.4. The molecule has 1 aromatic heterocycles. The van der Waals surface area contributed by atoms with Crippen LogP contribution in [0.25, 0.3) is 11.0 Å². The van der Waals surface area contributed by atoms with Gasteiger partial charge in [-0.2, -0.15) is 8.75 Å². The molecule has 0 aliphatic carbocycles. The number of rotatable bonds is 4. The van der Waals surface area contributed by atoms with Crippen LogP contribution in [0.1, 0.15) is 10.4 Å². The molecule has 0 fully saturated rings. The number of carbonyl (C=O) groups is 1. The van der Waals surface area contributed by atoms with Gasteiger partial charge >= 0.3 is 5.97 Å². The second-order valence-corrected chi connectivity index (χ2v) is 6.67. The first-order valence-electron chi connectivity index (χ1n) is 6.15. The van der Waals surface area contributed by atoms with E-state index in [9.17, 15) is 17.6 Å². The van der Waals surface area contributed by atoms with Crippen LogP contribution < -0.4 is 4.72 Å². The molecule has 0 radical (unpaired) electrons. The summed E-state index contributed by atoms with van der Waals surface area (Å²) in [6, 6.07) is 7.43. The maximum atomic E-state index is 13.4. The molecule has 0 aliphatic heterocycles. The lowest BCUT2D eigenvalue weighted by Gasteiger charge is -2.09. The topological polar surface area (TPSA) is 109 Å². The lowest BCUT2D eigenvalue weighted by atomic mass is 10.2. The predicted molar refractivity (Wildman–Crippen MR) is 81.6 cm³/mol. The van der Waals surface area contributed by atoms with Gasteiger partial charge in [-0.3, -0.25) is 4.72 Å². The highest BCUT2D eigenvalue weighted by Crippen LogP contribution is 2.24. The molecule has 0 unspecified atom stereocenters. The Bertz CT molecular complexity index is 1020. The van der Waals surface area contributed by atoms with Gasteiger partial charge in [0.05, 0.1) is 17.3 Å². The first-order chi connectivity index (χ1) is 10.9. The Labute approximate surface area is 133 Å². The summed E-state index contributed by atoms with van der Waals surface area (Å²) < 4.78 is 48.4. The summed E-state index contributed by atoms with van der Waals surface area (Å²) in [4.78, 5) is 10.8. The second kappa shape index (κ2) is 5.56. The van der Waals surface area contributed by atoms with Crippen molar-refractivity contribution in [3.8, 4) is 0 Å². The molecule has 0 saturated carbocycles. The van der Waals surface area contributed by atoms with Crippen molar-refractivity contribution in [3.63, 3.8) is 0 Å².